The summed E-state index contributed by atoms with van der Waals surface area (Å²) in [7, 11) is 0. The zero-order valence-corrected chi connectivity index (χ0v) is 9.22. The van der Waals surface area contributed by atoms with Crippen LogP contribution in [0, 0.1) is 5.92 Å². The van der Waals surface area contributed by atoms with Crippen LogP contribution in [0.3, 0.4) is 0 Å². The SMILES string of the molecule is C[C@@H]1[C@H](O)CC[C@@]1(C(=O)[O-])c1ccccc1. The van der Waals surface area contributed by atoms with Gasteiger partial charge in [0.1, 0.15) is 0 Å². The fourth-order valence-electron chi connectivity index (χ4n) is 2.73. The average molecular weight is 219 g/mol. The van der Waals surface area contributed by atoms with E-state index in [9.17, 15) is 15.0 Å². The van der Waals surface area contributed by atoms with Crippen molar-refractivity contribution in [1.29, 1.82) is 0 Å². The highest BCUT2D eigenvalue weighted by Gasteiger charge is 2.47. The largest absolute Gasteiger partial charge is 0.549 e. The van der Waals surface area contributed by atoms with Gasteiger partial charge in [-0.1, -0.05) is 37.3 Å². The molecule has 1 saturated carbocycles. The first-order valence-electron chi connectivity index (χ1n) is 5.54. The van der Waals surface area contributed by atoms with E-state index >= 15 is 0 Å². The van der Waals surface area contributed by atoms with Crippen LogP contribution in [0.4, 0.5) is 0 Å². The van der Waals surface area contributed by atoms with E-state index < -0.39 is 17.5 Å². The standard InChI is InChI=1S/C13H16O3/c1-9-11(14)7-8-13(9,12(15)16)10-5-3-2-4-6-10/h2-6,9,11,14H,7-8H2,1H3,(H,15,16)/p-1/t9-,11-,13+/m1/s1. The van der Waals surface area contributed by atoms with E-state index in [2.05, 4.69) is 0 Å². The molecule has 1 N–H and O–H groups in total. The molecular formula is C13H15O3-. The second-order valence-corrected chi connectivity index (χ2v) is 4.52. The molecule has 1 fully saturated rings. The minimum Gasteiger partial charge on any atom is -0.549 e. The number of carbonyl (C=O) groups excluding carboxylic acids is 1. The van der Waals surface area contributed by atoms with Crippen LogP contribution in [0.2, 0.25) is 0 Å². The van der Waals surface area contributed by atoms with Gasteiger partial charge in [-0.25, -0.2) is 0 Å². The summed E-state index contributed by atoms with van der Waals surface area (Å²) in [6.45, 7) is 1.78. The maximum Gasteiger partial charge on any atom is 0.0578 e. The quantitative estimate of drug-likeness (QED) is 0.786. The highest BCUT2D eigenvalue weighted by atomic mass is 16.4. The summed E-state index contributed by atoms with van der Waals surface area (Å²) in [5.74, 6) is -1.39. The van der Waals surface area contributed by atoms with Crippen LogP contribution in [0.1, 0.15) is 25.3 Å². The molecule has 86 valence electrons. The van der Waals surface area contributed by atoms with Crippen molar-refractivity contribution in [2.75, 3.05) is 0 Å². The average Bonchev–Trinajstić information content (AvgIpc) is 2.59. The number of carboxylic acids is 1. The minimum absolute atomic E-state index is 0.306. The van der Waals surface area contributed by atoms with Gasteiger partial charge in [0.25, 0.3) is 0 Å². The molecule has 0 bridgehead atoms. The van der Waals surface area contributed by atoms with Gasteiger partial charge in [0.15, 0.2) is 0 Å². The molecule has 0 aromatic heterocycles. The second kappa shape index (κ2) is 3.91. The van der Waals surface area contributed by atoms with E-state index in [0.29, 0.717) is 12.8 Å². The summed E-state index contributed by atoms with van der Waals surface area (Å²) in [6.07, 6.45) is 0.407. The van der Waals surface area contributed by atoms with Gasteiger partial charge in [-0.2, -0.15) is 0 Å². The van der Waals surface area contributed by atoms with Crippen LogP contribution in [0.15, 0.2) is 30.3 Å². The van der Waals surface area contributed by atoms with E-state index in [1.807, 2.05) is 18.2 Å². The second-order valence-electron chi connectivity index (χ2n) is 4.52. The smallest absolute Gasteiger partial charge is 0.0578 e. The third kappa shape index (κ3) is 1.43. The summed E-state index contributed by atoms with van der Waals surface area (Å²) < 4.78 is 0. The van der Waals surface area contributed by atoms with E-state index in [0.717, 1.165) is 5.56 Å². The molecule has 3 nitrogen and oxygen atoms in total. The van der Waals surface area contributed by atoms with Gasteiger partial charge in [0.05, 0.1) is 12.1 Å². The van der Waals surface area contributed by atoms with Crippen molar-refractivity contribution in [1.82, 2.24) is 0 Å². The molecule has 3 heteroatoms. The first-order chi connectivity index (χ1) is 7.59. The number of hydrogen-bond donors (Lipinski definition) is 1. The molecule has 1 aliphatic carbocycles. The van der Waals surface area contributed by atoms with Crippen molar-refractivity contribution in [3.05, 3.63) is 35.9 Å². The number of aliphatic hydroxyl groups excluding tert-OH is 1. The number of carbonyl (C=O) groups is 1. The normalized spacial score (nSPS) is 33.9. The van der Waals surface area contributed by atoms with Gasteiger partial charge in [0.2, 0.25) is 0 Å². The van der Waals surface area contributed by atoms with Crippen LogP contribution in [-0.2, 0) is 10.2 Å². The Balaban J connectivity index is 2.50. The highest BCUT2D eigenvalue weighted by Crippen LogP contribution is 2.45. The molecule has 1 aromatic rings. The summed E-state index contributed by atoms with van der Waals surface area (Å²) >= 11 is 0. The lowest BCUT2D eigenvalue weighted by molar-refractivity contribution is -0.315. The van der Waals surface area contributed by atoms with Crippen LogP contribution >= 0.6 is 0 Å². The summed E-state index contributed by atoms with van der Waals surface area (Å²) in [5.41, 5.74) is -0.292. The topological polar surface area (TPSA) is 60.4 Å². The molecule has 1 aliphatic rings. The predicted molar refractivity (Wildman–Crippen MR) is 57.5 cm³/mol. The molecule has 0 unspecified atom stereocenters. The molecule has 0 radical (unpaired) electrons. The zero-order valence-electron chi connectivity index (χ0n) is 9.22. The Kier molecular flexibility index (Phi) is 2.72. The van der Waals surface area contributed by atoms with Crippen molar-refractivity contribution in [3.63, 3.8) is 0 Å². The van der Waals surface area contributed by atoms with Crippen molar-refractivity contribution in [2.24, 2.45) is 5.92 Å². The summed E-state index contributed by atoms with van der Waals surface area (Å²) in [6, 6.07) is 9.08. The molecule has 0 heterocycles. The maximum atomic E-state index is 11.5. The fourth-order valence-corrected chi connectivity index (χ4v) is 2.73. The van der Waals surface area contributed by atoms with Gasteiger partial charge < -0.3 is 15.0 Å². The Morgan fingerprint density at radius 3 is 2.50 bits per heavy atom. The molecule has 0 spiro atoms. The Bertz CT molecular complexity index is 387. The number of aliphatic hydroxyl groups is 1. The number of carboxylic acid groups (broad SMARTS) is 1. The van der Waals surface area contributed by atoms with Gasteiger partial charge in [-0.15, -0.1) is 0 Å². The molecule has 1 aromatic carbocycles. The van der Waals surface area contributed by atoms with E-state index in [-0.39, 0.29) is 5.92 Å². The lowest BCUT2D eigenvalue weighted by Crippen LogP contribution is -2.49. The Hall–Kier alpha value is -1.35. The van der Waals surface area contributed by atoms with Gasteiger partial charge in [-0.3, -0.25) is 0 Å². The highest BCUT2D eigenvalue weighted by molar-refractivity contribution is 5.80. The summed E-state index contributed by atoms with van der Waals surface area (Å²) in [5, 5.41) is 21.2. The van der Waals surface area contributed by atoms with Crippen molar-refractivity contribution in [2.45, 2.75) is 31.3 Å². The summed E-state index contributed by atoms with van der Waals surface area (Å²) in [4.78, 5) is 11.5. The number of rotatable bonds is 2. The molecule has 3 atom stereocenters. The third-order valence-corrected chi connectivity index (χ3v) is 3.84. The molecule has 0 aliphatic heterocycles. The monoisotopic (exact) mass is 219 g/mol. The van der Waals surface area contributed by atoms with Crippen molar-refractivity contribution < 1.29 is 15.0 Å². The molecule has 2 rings (SSSR count). The van der Waals surface area contributed by atoms with Crippen LogP contribution in [0.25, 0.3) is 0 Å². The van der Waals surface area contributed by atoms with Crippen LogP contribution < -0.4 is 5.11 Å². The lowest BCUT2D eigenvalue weighted by Gasteiger charge is -2.36. The first kappa shape index (κ1) is 11.1. The zero-order chi connectivity index (χ0) is 11.8. The molecule has 0 amide bonds. The van der Waals surface area contributed by atoms with Crippen molar-refractivity contribution in [3.8, 4) is 0 Å². The molecule has 16 heavy (non-hydrogen) atoms. The number of aliphatic carboxylic acids is 1. The molecule has 0 saturated heterocycles. The minimum atomic E-state index is -1.08. The van der Waals surface area contributed by atoms with E-state index in [1.54, 1.807) is 19.1 Å². The van der Waals surface area contributed by atoms with Gasteiger partial charge in [0, 0.05) is 5.41 Å². The lowest BCUT2D eigenvalue weighted by atomic mass is 9.72. The van der Waals surface area contributed by atoms with E-state index in [1.165, 1.54) is 0 Å². The first-order valence-corrected chi connectivity index (χ1v) is 5.54. The fraction of sp³-hybridized carbons (Fsp3) is 0.462. The van der Waals surface area contributed by atoms with Crippen LogP contribution in [0.5, 0.6) is 0 Å². The predicted octanol–water partition coefficient (Wildman–Crippen LogP) is 0.465. The van der Waals surface area contributed by atoms with Gasteiger partial charge >= 0.3 is 0 Å². The Morgan fingerprint density at radius 1 is 1.44 bits per heavy atom. The maximum absolute atomic E-state index is 11.5. The van der Waals surface area contributed by atoms with Crippen LogP contribution in [-0.4, -0.2) is 17.2 Å². The Morgan fingerprint density at radius 2 is 2.06 bits per heavy atom. The van der Waals surface area contributed by atoms with Gasteiger partial charge in [-0.05, 0) is 24.3 Å². The Labute approximate surface area is 94.7 Å². The molecular weight excluding hydrogens is 204 g/mol. The number of hydrogen-bond acceptors (Lipinski definition) is 3. The number of benzene rings is 1. The van der Waals surface area contributed by atoms with E-state index in [4.69, 9.17) is 0 Å². The third-order valence-electron chi connectivity index (χ3n) is 3.84. The van der Waals surface area contributed by atoms with Crippen molar-refractivity contribution >= 4 is 5.97 Å².